The normalized spacial score (nSPS) is 10.6. The molecule has 28 heavy (non-hydrogen) atoms. The Labute approximate surface area is 164 Å². The summed E-state index contributed by atoms with van der Waals surface area (Å²) in [6, 6.07) is 9.86. The minimum atomic E-state index is -0.499. The number of esters is 1. The van der Waals surface area contributed by atoms with Crippen LogP contribution in [0.25, 0.3) is 4.96 Å². The fourth-order valence-corrected chi connectivity index (χ4v) is 3.17. The minimum Gasteiger partial charge on any atom is -0.459 e. The van der Waals surface area contributed by atoms with Gasteiger partial charge in [-0.25, -0.2) is 9.78 Å². The number of amides is 2. The van der Waals surface area contributed by atoms with Crippen molar-refractivity contribution >= 4 is 34.0 Å². The Bertz CT molecular complexity index is 1030. The summed E-state index contributed by atoms with van der Waals surface area (Å²) in [5, 5.41) is 10.2. The molecule has 0 radical (unpaired) electrons. The number of fused-ring (bicyclic) bond motifs is 1. The zero-order chi connectivity index (χ0) is 19.9. The number of ether oxygens (including phenoxy) is 1. The van der Waals surface area contributed by atoms with Crippen LogP contribution in [0.1, 0.15) is 24.0 Å². The summed E-state index contributed by atoms with van der Waals surface area (Å²) >= 11 is 1.32. The van der Waals surface area contributed by atoms with Crippen molar-refractivity contribution in [1.82, 2.24) is 19.9 Å². The highest BCUT2D eigenvalue weighted by Gasteiger charge is 2.10. The Morgan fingerprint density at radius 3 is 2.79 bits per heavy atom. The second-order valence-corrected chi connectivity index (χ2v) is 6.83. The quantitative estimate of drug-likeness (QED) is 0.585. The number of benzene rings is 1. The first-order chi connectivity index (χ1) is 13.5. The van der Waals surface area contributed by atoms with E-state index in [9.17, 15) is 14.4 Å². The van der Waals surface area contributed by atoms with Gasteiger partial charge in [0, 0.05) is 18.3 Å². The van der Waals surface area contributed by atoms with Crippen molar-refractivity contribution < 1.29 is 14.3 Å². The van der Waals surface area contributed by atoms with Gasteiger partial charge < -0.3 is 15.4 Å². The molecule has 0 unspecified atom stereocenters. The van der Waals surface area contributed by atoms with Crippen LogP contribution in [0, 0.1) is 0 Å². The van der Waals surface area contributed by atoms with Crippen molar-refractivity contribution in [3.63, 3.8) is 0 Å². The molecule has 2 N–H and O–H groups in total. The van der Waals surface area contributed by atoms with Gasteiger partial charge in [-0.1, -0.05) is 36.5 Å². The Balaban J connectivity index is 1.44. The third-order valence-corrected chi connectivity index (χ3v) is 4.72. The van der Waals surface area contributed by atoms with Crippen molar-refractivity contribution in [1.29, 1.82) is 0 Å². The fourth-order valence-electron chi connectivity index (χ4n) is 2.31. The van der Waals surface area contributed by atoms with E-state index in [0.717, 1.165) is 5.01 Å². The van der Waals surface area contributed by atoms with Crippen LogP contribution >= 0.6 is 11.3 Å². The van der Waals surface area contributed by atoms with Gasteiger partial charge in [-0.05, 0) is 18.6 Å². The Kier molecular flexibility index (Phi) is 6.33. The summed E-state index contributed by atoms with van der Waals surface area (Å²) in [6.45, 7) is 1.96. The average Bonchev–Trinajstić information content (AvgIpc) is 3.11. The Hall–Kier alpha value is -3.27. The number of rotatable bonds is 7. The molecular formula is C18H19N5O4S. The standard InChI is InChI=1S/C18H19N5O4S/c1-2-14-22-23-15(24)10-13(21-18(23)28-14)11-27-16(25)8-9-19-17(26)20-12-6-4-3-5-7-12/h3-7,10H,2,8-9,11H2,1H3,(H2,19,20,26). The number of nitrogens with zero attached hydrogens (tertiary/aromatic N) is 3. The van der Waals surface area contributed by atoms with E-state index >= 15 is 0 Å². The number of nitrogens with one attached hydrogen (secondary N) is 2. The second kappa shape index (κ2) is 9.09. The number of carbonyl (C=O) groups is 2. The average molecular weight is 401 g/mol. The molecule has 2 heterocycles. The molecule has 9 nitrogen and oxygen atoms in total. The maximum Gasteiger partial charge on any atom is 0.319 e. The van der Waals surface area contributed by atoms with E-state index in [0.29, 0.717) is 22.8 Å². The summed E-state index contributed by atoms with van der Waals surface area (Å²) in [7, 11) is 0. The number of carbonyl (C=O) groups excluding carboxylic acids is 2. The van der Waals surface area contributed by atoms with Crippen LogP contribution in [0.2, 0.25) is 0 Å². The summed E-state index contributed by atoms with van der Waals surface area (Å²) in [5.41, 5.74) is 0.704. The largest absolute Gasteiger partial charge is 0.459 e. The van der Waals surface area contributed by atoms with Crippen LogP contribution in [-0.4, -0.2) is 33.1 Å². The van der Waals surface area contributed by atoms with Gasteiger partial charge in [-0.2, -0.15) is 9.61 Å². The first kappa shape index (κ1) is 19.5. The van der Waals surface area contributed by atoms with E-state index in [2.05, 4.69) is 20.7 Å². The van der Waals surface area contributed by atoms with Gasteiger partial charge >= 0.3 is 12.0 Å². The Morgan fingerprint density at radius 1 is 1.25 bits per heavy atom. The smallest absolute Gasteiger partial charge is 0.319 e. The van der Waals surface area contributed by atoms with E-state index in [4.69, 9.17) is 4.74 Å². The second-order valence-electron chi connectivity index (χ2n) is 5.79. The highest BCUT2D eigenvalue weighted by atomic mass is 32.1. The monoisotopic (exact) mass is 401 g/mol. The molecule has 0 aliphatic rings. The number of aryl methyl sites for hydroxylation is 1. The van der Waals surface area contributed by atoms with Crippen molar-refractivity contribution in [2.45, 2.75) is 26.4 Å². The lowest BCUT2D eigenvalue weighted by Gasteiger charge is -2.07. The van der Waals surface area contributed by atoms with Crippen LogP contribution in [0.4, 0.5) is 10.5 Å². The fraction of sp³-hybridized carbons (Fsp3) is 0.278. The van der Waals surface area contributed by atoms with Crippen LogP contribution < -0.4 is 16.2 Å². The maximum absolute atomic E-state index is 12.0. The third-order valence-electron chi connectivity index (χ3n) is 3.67. The topological polar surface area (TPSA) is 115 Å². The third kappa shape index (κ3) is 5.13. The molecule has 146 valence electrons. The maximum atomic E-state index is 12.0. The molecule has 0 spiro atoms. The molecule has 2 aromatic heterocycles. The molecule has 0 bridgehead atoms. The van der Waals surface area contributed by atoms with Crippen LogP contribution in [-0.2, 0) is 22.6 Å². The predicted octanol–water partition coefficient (Wildman–Crippen LogP) is 1.97. The van der Waals surface area contributed by atoms with E-state index in [1.807, 2.05) is 13.0 Å². The molecule has 3 aromatic rings. The van der Waals surface area contributed by atoms with Crippen molar-refractivity contribution in [3.05, 3.63) is 57.5 Å². The summed E-state index contributed by atoms with van der Waals surface area (Å²) in [5.74, 6) is -0.499. The molecule has 1 aromatic carbocycles. The lowest BCUT2D eigenvalue weighted by molar-refractivity contribution is -0.144. The lowest BCUT2D eigenvalue weighted by Crippen LogP contribution is -2.30. The first-order valence-corrected chi connectivity index (χ1v) is 9.51. The molecule has 0 saturated carbocycles. The SMILES string of the molecule is CCc1nn2c(=O)cc(COC(=O)CCNC(=O)Nc3ccccc3)nc2s1. The number of urea groups is 1. The molecule has 0 atom stereocenters. The van der Waals surface area contributed by atoms with E-state index in [1.165, 1.54) is 21.9 Å². The van der Waals surface area contributed by atoms with Gasteiger partial charge in [-0.15, -0.1) is 0 Å². The number of hydrogen-bond donors (Lipinski definition) is 2. The van der Waals surface area contributed by atoms with Gasteiger partial charge in [-0.3, -0.25) is 9.59 Å². The van der Waals surface area contributed by atoms with Crippen LogP contribution in [0.5, 0.6) is 0 Å². The number of para-hydroxylation sites is 1. The predicted molar refractivity (Wildman–Crippen MR) is 104 cm³/mol. The molecule has 2 amide bonds. The van der Waals surface area contributed by atoms with E-state index in [-0.39, 0.29) is 25.1 Å². The van der Waals surface area contributed by atoms with E-state index in [1.54, 1.807) is 24.3 Å². The summed E-state index contributed by atoms with van der Waals surface area (Å²) in [6.07, 6.45) is 0.715. The molecule has 0 aliphatic heterocycles. The zero-order valence-corrected chi connectivity index (χ0v) is 16.0. The number of hydrogen-bond acceptors (Lipinski definition) is 7. The summed E-state index contributed by atoms with van der Waals surface area (Å²) < 4.78 is 6.37. The molecule has 0 aliphatic carbocycles. The van der Waals surface area contributed by atoms with Gasteiger partial charge in [0.15, 0.2) is 0 Å². The molecule has 10 heteroatoms. The number of aromatic nitrogens is 3. The highest BCUT2D eigenvalue weighted by molar-refractivity contribution is 7.16. The van der Waals surface area contributed by atoms with E-state index < -0.39 is 12.0 Å². The highest BCUT2D eigenvalue weighted by Crippen LogP contribution is 2.12. The van der Waals surface area contributed by atoms with Gasteiger partial charge in [0.1, 0.15) is 11.6 Å². The molecule has 0 fully saturated rings. The summed E-state index contributed by atoms with van der Waals surface area (Å²) in [4.78, 5) is 40.4. The van der Waals surface area contributed by atoms with Crippen LogP contribution in [0.3, 0.4) is 0 Å². The Morgan fingerprint density at radius 2 is 2.04 bits per heavy atom. The van der Waals surface area contributed by atoms with Crippen molar-refractivity contribution in [2.24, 2.45) is 0 Å². The molecule has 3 rings (SSSR count). The van der Waals surface area contributed by atoms with Gasteiger partial charge in [0.2, 0.25) is 4.96 Å². The van der Waals surface area contributed by atoms with Crippen molar-refractivity contribution in [2.75, 3.05) is 11.9 Å². The van der Waals surface area contributed by atoms with Gasteiger partial charge in [0.25, 0.3) is 5.56 Å². The van der Waals surface area contributed by atoms with Crippen molar-refractivity contribution in [3.8, 4) is 0 Å². The molecule has 0 saturated heterocycles. The first-order valence-electron chi connectivity index (χ1n) is 8.69. The van der Waals surface area contributed by atoms with Gasteiger partial charge in [0.05, 0.1) is 12.1 Å². The minimum absolute atomic E-state index is 0.00394. The van der Waals surface area contributed by atoms with Crippen LogP contribution in [0.15, 0.2) is 41.2 Å². The zero-order valence-electron chi connectivity index (χ0n) is 15.2. The lowest BCUT2D eigenvalue weighted by atomic mass is 10.3. The molecular weight excluding hydrogens is 382 g/mol. The number of anilines is 1.